The lowest BCUT2D eigenvalue weighted by Crippen LogP contribution is -2.52. The highest BCUT2D eigenvalue weighted by Gasteiger charge is 2.26. The third-order valence-corrected chi connectivity index (χ3v) is 7.79. The molecule has 0 bridgehead atoms. The second-order valence-corrected chi connectivity index (χ2v) is 11.7. The summed E-state index contributed by atoms with van der Waals surface area (Å²) >= 11 is 1.38. The Bertz CT molecular complexity index is 725. The highest BCUT2D eigenvalue weighted by atomic mass is 32.2. The van der Waals surface area contributed by atoms with Crippen molar-refractivity contribution in [3.63, 3.8) is 0 Å². The summed E-state index contributed by atoms with van der Waals surface area (Å²) < 4.78 is 10.1. The lowest BCUT2D eigenvalue weighted by molar-refractivity contribution is -0.145. The number of hydrogen-bond acceptors (Lipinski definition) is 9. The molecule has 11 heteroatoms. The number of amides is 2. The van der Waals surface area contributed by atoms with Gasteiger partial charge in [0.05, 0.1) is 13.7 Å². The molecule has 0 aliphatic carbocycles. The quantitative estimate of drug-likeness (QED) is 0.0558. The van der Waals surface area contributed by atoms with E-state index in [1.165, 1.54) is 90.0 Å². The molecule has 0 saturated heterocycles. The Labute approximate surface area is 252 Å². The molecule has 41 heavy (non-hydrogen) atoms. The minimum atomic E-state index is -0.842. The third-order valence-electron chi connectivity index (χ3n) is 6.77. The highest BCUT2D eigenvalue weighted by Crippen LogP contribution is 2.13. The average Bonchev–Trinajstić information content (AvgIpc) is 2.95. The Hall–Kier alpha value is -2.17. The number of hydrogen-bond donors (Lipinski definition) is 3. The number of thioether (sulfide) groups is 1. The molecular weight excluding hydrogens is 544 g/mol. The fourth-order valence-electron chi connectivity index (χ4n) is 4.41. The Morgan fingerprint density at radius 2 is 1.39 bits per heavy atom. The maximum Gasteiger partial charge on any atom is 0.328 e. The zero-order chi connectivity index (χ0) is 30.6. The van der Waals surface area contributed by atoms with Gasteiger partial charge in [0.2, 0.25) is 11.8 Å². The van der Waals surface area contributed by atoms with Crippen LogP contribution in [0.3, 0.4) is 0 Å². The molecule has 0 aromatic rings. The molecule has 238 valence electrons. The zero-order valence-electron chi connectivity index (χ0n) is 25.8. The van der Waals surface area contributed by atoms with Crippen molar-refractivity contribution in [3.05, 3.63) is 0 Å². The van der Waals surface area contributed by atoms with Gasteiger partial charge in [0.1, 0.15) is 18.7 Å². The molecule has 0 rings (SSSR count). The lowest BCUT2D eigenvalue weighted by Gasteiger charge is -2.21. The monoisotopic (exact) mass is 600 g/mol. The number of rotatable bonds is 28. The van der Waals surface area contributed by atoms with Gasteiger partial charge in [-0.05, 0) is 25.7 Å². The van der Waals surface area contributed by atoms with E-state index in [4.69, 9.17) is 15.0 Å². The number of methoxy groups -OCH3 is 1. The molecule has 2 atom stereocenters. The standard InChI is InChI=1S/C30H56N4O6S/c1-4-5-6-7-8-9-10-11-12-13-14-15-16-20-28(36)40-22-23-41-24-27(33-25(2)35)29(37)34-26(30(38)39-3)19-17-18-21-32-31/h26-27,31H,4-24H2,1-3H3,(H,33,35)(H,34,37)/t26-,27-/m0/s1. The molecule has 3 N–H and O–H groups in total. The smallest absolute Gasteiger partial charge is 0.328 e. The fourth-order valence-corrected chi connectivity index (χ4v) is 5.24. The van der Waals surface area contributed by atoms with Crippen LogP contribution in [0.2, 0.25) is 0 Å². The summed E-state index contributed by atoms with van der Waals surface area (Å²) in [5, 5.41) is 8.56. The maximum absolute atomic E-state index is 12.8. The third kappa shape index (κ3) is 24.2. The van der Waals surface area contributed by atoms with E-state index in [1.54, 1.807) is 0 Å². The molecular formula is C30H56N4O6S. The largest absolute Gasteiger partial charge is 0.467 e. The van der Waals surface area contributed by atoms with Crippen molar-refractivity contribution < 1.29 is 28.7 Å². The lowest BCUT2D eigenvalue weighted by atomic mass is 10.0. The maximum atomic E-state index is 12.8. The molecule has 0 saturated carbocycles. The zero-order valence-corrected chi connectivity index (χ0v) is 26.6. The van der Waals surface area contributed by atoms with Crippen LogP contribution >= 0.6 is 11.8 Å². The van der Waals surface area contributed by atoms with Crippen LogP contribution in [-0.2, 0) is 28.7 Å². The average molecular weight is 601 g/mol. The normalized spacial score (nSPS) is 12.3. The molecule has 0 radical (unpaired) electrons. The van der Waals surface area contributed by atoms with Crippen molar-refractivity contribution in [1.82, 2.24) is 10.6 Å². The minimum Gasteiger partial charge on any atom is -0.467 e. The van der Waals surface area contributed by atoms with Gasteiger partial charge in [-0.1, -0.05) is 84.0 Å². The topological polar surface area (TPSA) is 147 Å². The molecule has 10 nitrogen and oxygen atoms in total. The number of carbonyl (C=O) groups is 4. The summed E-state index contributed by atoms with van der Waals surface area (Å²) in [6.45, 7) is 4.17. The second-order valence-electron chi connectivity index (χ2n) is 10.5. The van der Waals surface area contributed by atoms with Gasteiger partial charge in [0.15, 0.2) is 0 Å². The molecule has 0 aliphatic heterocycles. The van der Waals surface area contributed by atoms with E-state index in [2.05, 4.69) is 22.7 Å². The Morgan fingerprint density at radius 1 is 0.805 bits per heavy atom. The van der Waals surface area contributed by atoms with Crippen LogP contribution in [0, 0.1) is 5.53 Å². The van der Waals surface area contributed by atoms with Crippen molar-refractivity contribution >= 4 is 35.5 Å². The summed E-state index contributed by atoms with van der Waals surface area (Å²) in [5.41, 5.74) is 6.84. The number of carbonyl (C=O) groups excluding carboxylic acids is 4. The molecule has 0 aliphatic rings. The van der Waals surface area contributed by atoms with E-state index in [-0.39, 0.29) is 24.2 Å². The van der Waals surface area contributed by atoms with Gasteiger partial charge in [-0.15, -0.1) is 0 Å². The predicted octanol–water partition coefficient (Wildman–Crippen LogP) is 6.11. The van der Waals surface area contributed by atoms with E-state index >= 15 is 0 Å². The summed E-state index contributed by atoms with van der Waals surface area (Å²) in [5.74, 6) is -0.845. The van der Waals surface area contributed by atoms with Crippen molar-refractivity contribution in [2.75, 3.05) is 31.8 Å². The van der Waals surface area contributed by atoms with Crippen molar-refractivity contribution in [2.45, 2.75) is 135 Å². The number of nitrogens with zero attached hydrogens (tertiary/aromatic N) is 1. The first kappa shape index (κ1) is 38.8. The SMILES string of the molecule is CCCCCCCCCCCCCCCC(=O)OCCSC[C@H](NC(C)=O)C(=O)N[C@@H](CCCCN=N)C(=O)OC. The van der Waals surface area contributed by atoms with Gasteiger partial charge in [-0.2, -0.15) is 16.9 Å². The number of ether oxygens (including phenoxy) is 2. The summed E-state index contributed by atoms with van der Waals surface area (Å²) in [6, 6.07) is -1.68. The number of esters is 2. The van der Waals surface area contributed by atoms with Crippen LogP contribution in [0.4, 0.5) is 0 Å². The van der Waals surface area contributed by atoms with Gasteiger partial charge in [-0.3, -0.25) is 14.4 Å². The molecule has 0 heterocycles. The first-order valence-corrected chi connectivity index (χ1v) is 16.7. The van der Waals surface area contributed by atoms with Crippen LogP contribution in [-0.4, -0.2) is 67.6 Å². The van der Waals surface area contributed by atoms with E-state index < -0.39 is 24.0 Å². The Morgan fingerprint density at radius 3 is 1.93 bits per heavy atom. The van der Waals surface area contributed by atoms with E-state index in [9.17, 15) is 19.2 Å². The van der Waals surface area contributed by atoms with Gasteiger partial charge < -0.3 is 20.1 Å². The van der Waals surface area contributed by atoms with Crippen LogP contribution < -0.4 is 10.6 Å². The molecule has 0 unspecified atom stereocenters. The van der Waals surface area contributed by atoms with Gasteiger partial charge >= 0.3 is 11.9 Å². The Balaban J connectivity index is 4.07. The highest BCUT2D eigenvalue weighted by molar-refractivity contribution is 7.99. The molecule has 0 fully saturated rings. The van der Waals surface area contributed by atoms with Crippen LogP contribution in [0.15, 0.2) is 5.11 Å². The first-order valence-electron chi connectivity index (χ1n) is 15.6. The minimum absolute atomic E-state index is 0.205. The fraction of sp³-hybridized carbons (Fsp3) is 0.867. The molecule has 0 aromatic heterocycles. The second kappa shape index (κ2) is 28.0. The van der Waals surface area contributed by atoms with Gasteiger partial charge in [0.25, 0.3) is 0 Å². The van der Waals surface area contributed by atoms with Crippen LogP contribution in [0.5, 0.6) is 0 Å². The van der Waals surface area contributed by atoms with Crippen molar-refractivity contribution in [1.29, 1.82) is 5.53 Å². The summed E-state index contributed by atoms with van der Waals surface area (Å²) in [7, 11) is 1.25. The van der Waals surface area contributed by atoms with Gasteiger partial charge in [0, 0.05) is 24.9 Å². The number of unbranched alkanes of at least 4 members (excludes halogenated alkanes) is 13. The van der Waals surface area contributed by atoms with Crippen LogP contribution in [0.1, 0.15) is 123 Å². The molecule has 0 aromatic carbocycles. The van der Waals surface area contributed by atoms with E-state index in [1.807, 2.05) is 0 Å². The number of nitrogens with one attached hydrogen (secondary N) is 3. The van der Waals surface area contributed by atoms with E-state index in [0.717, 1.165) is 19.3 Å². The summed E-state index contributed by atoms with van der Waals surface area (Å²) in [6.07, 6.45) is 18.3. The van der Waals surface area contributed by atoms with Gasteiger partial charge in [-0.25, -0.2) is 10.3 Å². The molecule has 2 amide bonds. The first-order chi connectivity index (χ1) is 19.8. The van der Waals surface area contributed by atoms with Crippen molar-refractivity contribution in [3.8, 4) is 0 Å². The summed E-state index contributed by atoms with van der Waals surface area (Å²) in [4.78, 5) is 48.5. The van der Waals surface area contributed by atoms with E-state index in [0.29, 0.717) is 38.0 Å². The predicted molar refractivity (Wildman–Crippen MR) is 164 cm³/mol. The Kier molecular flexibility index (Phi) is 26.5. The van der Waals surface area contributed by atoms with Crippen molar-refractivity contribution in [2.24, 2.45) is 5.11 Å². The van der Waals surface area contributed by atoms with Crippen LogP contribution in [0.25, 0.3) is 0 Å². The molecule has 0 spiro atoms.